The van der Waals surface area contributed by atoms with Gasteiger partial charge >= 0.3 is 0 Å². The normalized spacial score (nSPS) is 12.4. The van der Waals surface area contributed by atoms with Crippen molar-refractivity contribution < 1.29 is 18.9 Å². The van der Waals surface area contributed by atoms with Crippen LogP contribution in [0.3, 0.4) is 0 Å². The molecule has 6 aromatic carbocycles. The van der Waals surface area contributed by atoms with Gasteiger partial charge in [-0.25, -0.2) is 19.9 Å². The van der Waals surface area contributed by atoms with Crippen LogP contribution in [0.25, 0.3) is 44.5 Å². The summed E-state index contributed by atoms with van der Waals surface area (Å²) in [6.45, 7) is 13.3. The Morgan fingerprint density at radius 2 is 0.567 bits per heavy atom. The molecule has 0 fully saturated rings. The van der Waals surface area contributed by atoms with E-state index < -0.39 is 0 Å². The zero-order valence-electron chi connectivity index (χ0n) is 34.4. The van der Waals surface area contributed by atoms with Gasteiger partial charge in [0, 0.05) is 0 Å². The molecule has 0 radical (unpaired) electrons. The van der Waals surface area contributed by atoms with Crippen molar-refractivity contribution in [3.8, 4) is 91.0 Å². The van der Waals surface area contributed by atoms with Crippen LogP contribution in [0.15, 0.2) is 158 Å². The Morgan fingerprint density at radius 1 is 0.300 bits per heavy atom. The molecule has 0 aliphatic carbocycles. The number of ether oxygens (including phenoxy) is 4. The molecule has 0 N–H and O–H groups in total. The Kier molecular flexibility index (Phi) is 9.84. The van der Waals surface area contributed by atoms with Crippen LogP contribution in [-0.2, 0) is 10.8 Å². The summed E-state index contributed by atoms with van der Waals surface area (Å²) in [7, 11) is 0. The van der Waals surface area contributed by atoms with Gasteiger partial charge in [-0.1, -0.05) is 114 Å². The monoisotopic (exact) mass is 788 g/mol. The fourth-order valence-electron chi connectivity index (χ4n) is 7.10. The first-order valence-electron chi connectivity index (χ1n) is 20.0. The summed E-state index contributed by atoms with van der Waals surface area (Å²) in [4.78, 5) is 17.7. The third-order valence-electron chi connectivity index (χ3n) is 10.4. The average molecular weight is 789 g/mol. The van der Waals surface area contributed by atoms with Crippen molar-refractivity contribution >= 4 is 0 Å². The summed E-state index contributed by atoms with van der Waals surface area (Å²) in [6.07, 6.45) is 2.90. The topological polar surface area (TPSA) is 88.5 Å². The van der Waals surface area contributed by atoms with Crippen LogP contribution >= 0.6 is 0 Å². The third-order valence-corrected chi connectivity index (χ3v) is 10.4. The standard InChI is InChI=1S/C52H44N4O4/c1-51(2,3)41-21-37-19-38(22-41)34-12-8-16-44(26-34)58-48-30-50(56-32-54-48)60-46-18-10-14-36(28-46)40-20-39(23-42(24-40)52(4,5)6)35-13-9-17-45(27-35)59-49-29-47(53-31-55-49)57-43-15-7-11-33(37)25-43/h7-32H,1-6H3. The van der Waals surface area contributed by atoms with Gasteiger partial charge in [0.15, 0.2) is 0 Å². The molecule has 0 saturated carbocycles. The Labute approximate surface area is 350 Å². The first kappa shape index (κ1) is 38.2. The summed E-state index contributed by atoms with van der Waals surface area (Å²) < 4.78 is 25.4. The lowest BCUT2D eigenvalue weighted by Gasteiger charge is -2.22. The van der Waals surface area contributed by atoms with E-state index in [-0.39, 0.29) is 10.8 Å². The smallest absolute Gasteiger partial charge is 0.226 e. The predicted molar refractivity (Wildman–Crippen MR) is 236 cm³/mol. The molecular weight excluding hydrogens is 745 g/mol. The van der Waals surface area contributed by atoms with Crippen molar-refractivity contribution in [2.45, 2.75) is 52.4 Å². The second kappa shape index (κ2) is 15.5. The van der Waals surface area contributed by atoms with E-state index in [1.165, 1.54) is 23.8 Å². The molecule has 1 aliphatic heterocycles. The SMILES string of the molecule is CC(C)(C)c1cc2cc(c1)-c1cccc(c1)Oc1cc(ncn1)Oc1cccc(c1)-c1cc(cc(C(C)(C)C)c1)-c1cccc(c1)Oc1cc(ncn1)Oc1cccc-2c1. The fourth-order valence-corrected chi connectivity index (χ4v) is 7.10. The Balaban J connectivity index is 1.16. The van der Waals surface area contributed by atoms with E-state index in [0.29, 0.717) is 46.5 Å². The minimum Gasteiger partial charge on any atom is -0.439 e. The molecule has 2 aromatic heterocycles. The zero-order valence-corrected chi connectivity index (χ0v) is 34.4. The Hall–Kier alpha value is -7.32. The molecule has 8 heteroatoms. The van der Waals surface area contributed by atoms with Gasteiger partial charge in [0.05, 0.1) is 12.1 Å². The van der Waals surface area contributed by atoms with Gasteiger partial charge in [-0.05, 0) is 127 Å². The van der Waals surface area contributed by atoms with Crippen LogP contribution in [0.1, 0.15) is 52.7 Å². The van der Waals surface area contributed by atoms with Crippen molar-refractivity contribution in [3.63, 3.8) is 0 Å². The lowest BCUT2D eigenvalue weighted by molar-refractivity contribution is 0.433. The molecule has 9 rings (SSSR count). The second-order valence-electron chi connectivity index (χ2n) is 17.0. The Morgan fingerprint density at radius 3 is 0.817 bits per heavy atom. The van der Waals surface area contributed by atoms with Crippen LogP contribution in [0.2, 0.25) is 0 Å². The van der Waals surface area contributed by atoms with Crippen molar-refractivity contribution in [1.29, 1.82) is 0 Å². The molecule has 0 amide bonds. The number of hydrogen-bond acceptors (Lipinski definition) is 8. The van der Waals surface area contributed by atoms with Gasteiger partial charge in [-0.15, -0.1) is 0 Å². The molecule has 1 aliphatic rings. The number of rotatable bonds is 0. The summed E-state index contributed by atoms with van der Waals surface area (Å²) in [5.74, 6) is 4.02. The summed E-state index contributed by atoms with van der Waals surface area (Å²) >= 11 is 0. The van der Waals surface area contributed by atoms with Crippen molar-refractivity contribution in [3.05, 3.63) is 169 Å². The first-order valence-corrected chi connectivity index (χ1v) is 20.0. The van der Waals surface area contributed by atoms with Gasteiger partial charge in [0.25, 0.3) is 0 Å². The molecule has 8 nitrogen and oxygen atoms in total. The lowest BCUT2D eigenvalue weighted by atomic mass is 9.83. The molecule has 8 aromatic rings. The number of fused-ring (bicyclic) bond motifs is 20. The molecule has 0 unspecified atom stereocenters. The minimum atomic E-state index is -0.113. The lowest BCUT2D eigenvalue weighted by Crippen LogP contribution is -2.11. The highest BCUT2D eigenvalue weighted by molar-refractivity contribution is 5.77. The number of nitrogens with zero attached hydrogens (tertiary/aromatic N) is 4. The molecule has 60 heavy (non-hydrogen) atoms. The average Bonchev–Trinajstić information content (AvgIpc) is 3.23. The molecule has 0 atom stereocenters. The van der Waals surface area contributed by atoms with Gasteiger partial charge in [-0.2, -0.15) is 0 Å². The maximum absolute atomic E-state index is 6.34. The summed E-state index contributed by atoms with van der Waals surface area (Å²) in [5, 5.41) is 0. The number of benzene rings is 6. The highest BCUT2D eigenvalue weighted by atomic mass is 16.5. The van der Waals surface area contributed by atoms with E-state index in [1.54, 1.807) is 12.1 Å². The molecule has 16 bridgehead atoms. The third kappa shape index (κ3) is 8.59. The van der Waals surface area contributed by atoms with Crippen LogP contribution in [0, 0.1) is 0 Å². The predicted octanol–water partition coefficient (Wildman–Crippen LogP) is 14.0. The Bertz CT molecular complexity index is 2510. The van der Waals surface area contributed by atoms with E-state index >= 15 is 0 Å². The van der Waals surface area contributed by atoms with Crippen LogP contribution in [0.4, 0.5) is 0 Å². The molecular formula is C52H44N4O4. The maximum Gasteiger partial charge on any atom is 0.226 e. The highest BCUT2D eigenvalue weighted by Gasteiger charge is 2.20. The van der Waals surface area contributed by atoms with E-state index in [1.807, 2.05) is 72.8 Å². The quantitative estimate of drug-likeness (QED) is 0.150. The van der Waals surface area contributed by atoms with E-state index in [0.717, 1.165) is 44.5 Å². The van der Waals surface area contributed by atoms with Gasteiger partial charge in [0.1, 0.15) is 35.7 Å². The van der Waals surface area contributed by atoms with E-state index in [2.05, 4.69) is 122 Å². The van der Waals surface area contributed by atoms with Crippen molar-refractivity contribution in [1.82, 2.24) is 19.9 Å². The van der Waals surface area contributed by atoms with Crippen molar-refractivity contribution in [2.75, 3.05) is 0 Å². The highest BCUT2D eigenvalue weighted by Crippen LogP contribution is 2.39. The maximum atomic E-state index is 6.34. The van der Waals surface area contributed by atoms with Crippen LogP contribution in [0.5, 0.6) is 46.5 Å². The second-order valence-corrected chi connectivity index (χ2v) is 17.0. The van der Waals surface area contributed by atoms with E-state index in [4.69, 9.17) is 18.9 Å². The largest absolute Gasteiger partial charge is 0.439 e. The number of aromatic nitrogens is 4. The summed E-state index contributed by atoms with van der Waals surface area (Å²) in [6, 6.07) is 48.8. The molecule has 3 heterocycles. The number of hydrogen-bond donors (Lipinski definition) is 0. The molecule has 0 saturated heterocycles. The summed E-state index contributed by atoms with van der Waals surface area (Å²) in [5.41, 5.74) is 10.4. The van der Waals surface area contributed by atoms with Crippen molar-refractivity contribution in [2.24, 2.45) is 0 Å². The van der Waals surface area contributed by atoms with Crippen LogP contribution < -0.4 is 18.9 Å². The van der Waals surface area contributed by atoms with E-state index in [9.17, 15) is 0 Å². The van der Waals surface area contributed by atoms with Gasteiger partial charge in [-0.3, -0.25) is 0 Å². The van der Waals surface area contributed by atoms with Gasteiger partial charge < -0.3 is 18.9 Å². The fraction of sp³-hybridized carbons (Fsp3) is 0.154. The zero-order chi connectivity index (χ0) is 41.4. The van der Waals surface area contributed by atoms with Gasteiger partial charge in [0.2, 0.25) is 23.5 Å². The van der Waals surface area contributed by atoms with Crippen LogP contribution in [-0.4, -0.2) is 19.9 Å². The molecule has 0 spiro atoms. The minimum absolute atomic E-state index is 0.113. The molecule has 296 valence electrons. The first-order chi connectivity index (χ1) is 28.9.